The van der Waals surface area contributed by atoms with Gasteiger partial charge in [-0.3, -0.25) is 9.80 Å². The van der Waals surface area contributed by atoms with Gasteiger partial charge in [0.25, 0.3) is 0 Å². The Balaban J connectivity index is 1.22. The Bertz CT molecular complexity index is 1060. The molecule has 0 unspecified atom stereocenters. The Labute approximate surface area is 267 Å². The number of esters is 1. The number of hydrogen-bond donors (Lipinski definition) is 2. The molecule has 1 aromatic rings. The highest BCUT2D eigenvalue weighted by atomic mass is 16.6. The summed E-state index contributed by atoms with van der Waals surface area (Å²) in [6.45, 7) is 15.4. The fourth-order valence-corrected chi connectivity index (χ4v) is 5.63. The Kier molecular flexibility index (Phi) is 16.8. The van der Waals surface area contributed by atoms with Crippen LogP contribution in [0.25, 0.3) is 5.57 Å². The molecule has 1 atom stereocenters. The first-order valence-electron chi connectivity index (χ1n) is 16.0. The van der Waals surface area contributed by atoms with Crippen LogP contribution in [0, 0.1) is 20.8 Å². The molecule has 2 aliphatic rings. The molecule has 254 valence electrons. The van der Waals surface area contributed by atoms with E-state index < -0.39 is 11.9 Å². The third kappa shape index (κ3) is 13.7. The van der Waals surface area contributed by atoms with E-state index >= 15 is 0 Å². The van der Waals surface area contributed by atoms with Gasteiger partial charge in [-0.2, -0.15) is 0 Å². The first-order valence-corrected chi connectivity index (χ1v) is 16.0. The van der Waals surface area contributed by atoms with Gasteiger partial charge in [0.2, 0.25) is 0 Å². The molecule has 2 N–H and O–H groups in total. The van der Waals surface area contributed by atoms with E-state index in [0.29, 0.717) is 65.5 Å². The predicted octanol–water partition coefficient (Wildman–Crippen LogP) is 2.76. The first-order chi connectivity index (χ1) is 21.7. The maximum atomic E-state index is 12.9. The average Bonchev–Trinajstić information content (AvgIpc) is 3.06. The van der Waals surface area contributed by atoms with Crippen LogP contribution in [0.15, 0.2) is 17.9 Å². The molecule has 45 heavy (non-hydrogen) atoms. The highest BCUT2D eigenvalue weighted by Crippen LogP contribution is 2.30. The molecule has 2 heterocycles. The van der Waals surface area contributed by atoms with Gasteiger partial charge in [-0.1, -0.05) is 17.7 Å². The van der Waals surface area contributed by atoms with Gasteiger partial charge in [-0.15, -0.1) is 0 Å². The molecule has 0 amide bonds. The largest absolute Gasteiger partial charge is 0.511 e. The molecule has 0 aliphatic carbocycles. The first kappa shape index (κ1) is 36.9. The van der Waals surface area contributed by atoms with Crippen molar-refractivity contribution in [3.05, 3.63) is 40.1 Å². The molecule has 1 aromatic carbocycles. The van der Waals surface area contributed by atoms with Gasteiger partial charge < -0.3 is 38.6 Å². The minimum Gasteiger partial charge on any atom is -0.511 e. The van der Waals surface area contributed by atoms with Crippen molar-refractivity contribution in [3.8, 4) is 0 Å². The molecule has 3 rings (SSSR count). The number of carbonyl (C=O) groups is 2. The van der Waals surface area contributed by atoms with Crippen LogP contribution in [-0.4, -0.2) is 143 Å². The minimum absolute atomic E-state index is 0.0539. The monoisotopic (exact) mass is 636 g/mol. The molecular formula is C33H52N2O10. The summed E-state index contributed by atoms with van der Waals surface area (Å²) in [7, 11) is 0. The van der Waals surface area contributed by atoms with Gasteiger partial charge in [-0.05, 0) is 43.9 Å². The number of nitrogens with zero attached hydrogens (tertiary/aromatic N) is 2. The van der Waals surface area contributed by atoms with Crippen molar-refractivity contribution in [2.75, 3.05) is 105 Å². The van der Waals surface area contributed by atoms with Crippen LogP contribution < -0.4 is 0 Å². The number of allylic oxidation sites excluding steroid dienone is 1. The Morgan fingerprint density at radius 3 is 1.93 bits per heavy atom. The Morgan fingerprint density at radius 2 is 1.36 bits per heavy atom. The van der Waals surface area contributed by atoms with Crippen molar-refractivity contribution in [2.24, 2.45) is 0 Å². The number of carbonyl (C=O) groups excluding carboxylic acids is 1. The number of piperazine rings is 1. The standard InChI is InChI=1S/C33H52N2O10/c1-25-22-26(2)31(27(3)23-25)32-29(36)5-4-28(6-13-45-33(32)39)44-21-20-41-15-12-35-9-7-34(8-10-35)11-14-40-16-17-42-18-19-43-24-30(37)38/h22-23,28,36H,4-21,24H2,1-3H3,(H,37,38)/b32-29+/t28-/m0/s1. The number of rotatable bonds is 19. The summed E-state index contributed by atoms with van der Waals surface area (Å²) < 4.78 is 33.3. The fourth-order valence-electron chi connectivity index (χ4n) is 5.63. The van der Waals surface area contributed by atoms with Crippen LogP contribution >= 0.6 is 0 Å². The van der Waals surface area contributed by atoms with Crippen LogP contribution in [0.5, 0.6) is 0 Å². The number of aliphatic hydroxyl groups is 1. The number of aliphatic carboxylic acids is 1. The van der Waals surface area contributed by atoms with Crippen LogP contribution in [0.3, 0.4) is 0 Å². The maximum absolute atomic E-state index is 12.9. The third-order valence-electron chi connectivity index (χ3n) is 7.92. The summed E-state index contributed by atoms with van der Waals surface area (Å²) in [6, 6.07) is 4.03. The number of aliphatic hydroxyl groups excluding tert-OH is 1. The molecule has 2 aliphatic heterocycles. The summed E-state index contributed by atoms with van der Waals surface area (Å²) in [5, 5.41) is 19.4. The zero-order valence-electron chi connectivity index (χ0n) is 27.2. The van der Waals surface area contributed by atoms with Crippen molar-refractivity contribution >= 4 is 17.5 Å². The lowest BCUT2D eigenvalue weighted by Crippen LogP contribution is -2.48. The molecule has 1 fully saturated rings. The number of benzene rings is 1. The third-order valence-corrected chi connectivity index (χ3v) is 7.92. The summed E-state index contributed by atoms with van der Waals surface area (Å²) in [5.41, 5.74) is 4.03. The average molecular weight is 637 g/mol. The second-order valence-electron chi connectivity index (χ2n) is 11.5. The smallest absolute Gasteiger partial charge is 0.342 e. The van der Waals surface area contributed by atoms with Gasteiger partial charge in [0, 0.05) is 52.1 Å². The predicted molar refractivity (Wildman–Crippen MR) is 169 cm³/mol. The lowest BCUT2D eigenvalue weighted by Gasteiger charge is -2.34. The van der Waals surface area contributed by atoms with E-state index in [2.05, 4.69) is 9.80 Å². The maximum Gasteiger partial charge on any atom is 0.342 e. The number of ether oxygens (including phenoxy) is 6. The highest BCUT2D eigenvalue weighted by molar-refractivity contribution is 6.18. The van der Waals surface area contributed by atoms with Gasteiger partial charge in [-0.25, -0.2) is 9.59 Å². The van der Waals surface area contributed by atoms with E-state index in [4.69, 9.17) is 33.5 Å². The second kappa shape index (κ2) is 20.5. The van der Waals surface area contributed by atoms with Gasteiger partial charge >= 0.3 is 11.9 Å². The van der Waals surface area contributed by atoms with Crippen molar-refractivity contribution < 1.29 is 48.2 Å². The molecule has 12 nitrogen and oxygen atoms in total. The fraction of sp³-hybridized carbons (Fsp3) is 0.697. The van der Waals surface area contributed by atoms with Gasteiger partial charge in [0.1, 0.15) is 17.9 Å². The second-order valence-corrected chi connectivity index (χ2v) is 11.5. The van der Waals surface area contributed by atoms with E-state index in [0.717, 1.165) is 61.5 Å². The Morgan fingerprint density at radius 1 is 0.822 bits per heavy atom. The molecule has 0 saturated carbocycles. The summed E-state index contributed by atoms with van der Waals surface area (Å²) >= 11 is 0. The van der Waals surface area contributed by atoms with Crippen LogP contribution in [0.1, 0.15) is 41.5 Å². The van der Waals surface area contributed by atoms with E-state index in [1.165, 1.54) is 0 Å². The van der Waals surface area contributed by atoms with E-state index in [1.54, 1.807) is 0 Å². The van der Waals surface area contributed by atoms with Crippen LogP contribution in [-0.2, 0) is 38.0 Å². The number of hydrogen-bond acceptors (Lipinski definition) is 11. The zero-order valence-corrected chi connectivity index (χ0v) is 27.2. The zero-order chi connectivity index (χ0) is 32.4. The lowest BCUT2D eigenvalue weighted by molar-refractivity contribution is -0.142. The van der Waals surface area contributed by atoms with Crippen molar-refractivity contribution in [2.45, 2.75) is 46.1 Å². The van der Waals surface area contributed by atoms with Gasteiger partial charge in [0.15, 0.2) is 0 Å². The number of cyclic esters (lactones) is 1. The van der Waals surface area contributed by atoms with Gasteiger partial charge in [0.05, 0.1) is 65.6 Å². The topological polar surface area (TPSA) is 136 Å². The van der Waals surface area contributed by atoms with Crippen LogP contribution in [0.2, 0.25) is 0 Å². The summed E-state index contributed by atoms with van der Waals surface area (Å²) in [5.74, 6) is -1.41. The lowest BCUT2D eigenvalue weighted by atomic mass is 9.92. The minimum atomic E-state index is -0.984. The molecule has 0 radical (unpaired) electrons. The normalized spacial score (nSPS) is 20.4. The van der Waals surface area contributed by atoms with E-state index in [-0.39, 0.29) is 37.3 Å². The molecule has 0 bridgehead atoms. The van der Waals surface area contributed by atoms with E-state index in [9.17, 15) is 14.7 Å². The number of carboxylic acids is 1. The van der Waals surface area contributed by atoms with Crippen LogP contribution in [0.4, 0.5) is 0 Å². The molecule has 0 spiro atoms. The number of aryl methyl sites for hydroxylation is 3. The van der Waals surface area contributed by atoms with Crippen molar-refractivity contribution in [1.29, 1.82) is 0 Å². The molecule has 1 saturated heterocycles. The van der Waals surface area contributed by atoms with Crippen molar-refractivity contribution in [3.63, 3.8) is 0 Å². The number of carboxylic acid groups (broad SMARTS) is 1. The molecule has 0 aromatic heterocycles. The molecule has 12 heteroatoms. The highest BCUT2D eigenvalue weighted by Gasteiger charge is 2.26. The Hall–Kier alpha value is -2.58. The summed E-state index contributed by atoms with van der Waals surface area (Å²) in [4.78, 5) is 28.0. The summed E-state index contributed by atoms with van der Waals surface area (Å²) in [6.07, 6.45) is 1.40. The van der Waals surface area contributed by atoms with Crippen molar-refractivity contribution in [1.82, 2.24) is 9.80 Å². The SMILES string of the molecule is Cc1cc(C)c(/C2=C(\O)CC[C@H](OCCOCCN3CCN(CCOCCOCCOCC(=O)O)CC3)CCOC2=O)c(C)c1. The van der Waals surface area contributed by atoms with E-state index in [1.807, 2.05) is 32.9 Å². The molecular weight excluding hydrogens is 584 g/mol. The quantitative estimate of drug-likeness (QED) is 0.171.